The molecular weight excluding hydrogens is 300 g/mol. The van der Waals surface area contributed by atoms with Gasteiger partial charge in [-0.15, -0.1) is 0 Å². The van der Waals surface area contributed by atoms with Gasteiger partial charge in [0.05, 0.1) is 18.8 Å². The largest absolute Gasteiger partial charge is 0.378 e. The fraction of sp³-hybridized carbons (Fsp3) is 0.250. The number of amides is 1. The van der Waals surface area contributed by atoms with Crippen LogP contribution in [0.1, 0.15) is 16.1 Å². The van der Waals surface area contributed by atoms with Gasteiger partial charge in [0, 0.05) is 30.5 Å². The Morgan fingerprint density at radius 1 is 1.08 bits per heavy atom. The van der Waals surface area contributed by atoms with Gasteiger partial charge in [-0.05, 0) is 23.3 Å². The van der Waals surface area contributed by atoms with Gasteiger partial charge >= 0.3 is 0 Å². The maximum Gasteiger partial charge on any atom is 0.256 e. The molecule has 0 spiro atoms. The van der Waals surface area contributed by atoms with E-state index in [4.69, 9.17) is 4.74 Å². The number of nitrogens with one attached hydrogen (secondary N) is 1. The van der Waals surface area contributed by atoms with Crippen molar-refractivity contribution in [3.63, 3.8) is 0 Å². The summed E-state index contributed by atoms with van der Waals surface area (Å²) in [5.74, 6) is 0.0746. The van der Waals surface area contributed by atoms with Gasteiger partial charge in [0.15, 0.2) is 0 Å². The van der Waals surface area contributed by atoms with Crippen LogP contribution in [0.2, 0.25) is 0 Å². The molecule has 1 aliphatic rings. The molecule has 1 aliphatic heterocycles. The molecule has 0 bridgehead atoms. The van der Waals surface area contributed by atoms with Crippen molar-refractivity contribution in [3.05, 3.63) is 59.9 Å². The Balaban J connectivity index is 1.84. The third kappa shape index (κ3) is 2.49. The first-order valence-electron chi connectivity index (χ1n) is 8.29. The number of ether oxygens (including phenoxy) is 1. The molecule has 2 aromatic carbocycles. The van der Waals surface area contributed by atoms with E-state index >= 15 is 0 Å². The molecule has 4 heteroatoms. The predicted molar refractivity (Wildman–Crippen MR) is 95.2 cm³/mol. The van der Waals surface area contributed by atoms with Gasteiger partial charge in [-0.25, -0.2) is 0 Å². The second-order valence-corrected chi connectivity index (χ2v) is 6.13. The first-order valence-corrected chi connectivity index (χ1v) is 8.29. The zero-order chi connectivity index (χ0) is 16.5. The number of rotatable bonds is 2. The summed E-state index contributed by atoms with van der Waals surface area (Å²) >= 11 is 0. The monoisotopic (exact) mass is 320 g/mol. The number of aryl methyl sites for hydroxylation is 1. The highest BCUT2D eigenvalue weighted by molar-refractivity contribution is 6.06. The third-order valence-corrected chi connectivity index (χ3v) is 4.67. The van der Waals surface area contributed by atoms with Gasteiger partial charge in [0.2, 0.25) is 0 Å². The minimum Gasteiger partial charge on any atom is -0.378 e. The Morgan fingerprint density at radius 2 is 1.83 bits per heavy atom. The van der Waals surface area contributed by atoms with Crippen LogP contribution in [0.4, 0.5) is 0 Å². The number of aromatic amines is 1. The molecule has 1 N–H and O–H groups in total. The fourth-order valence-electron chi connectivity index (χ4n) is 3.42. The maximum atomic E-state index is 13.0. The highest BCUT2D eigenvalue weighted by atomic mass is 16.5. The first kappa shape index (κ1) is 15.0. The van der Waals surface area contributed by atoms with E-state index in [1.807, 2.05) is 36.2 Å². The molecule has 3 aromatic rings. The van der Waals surface area contributed by atoms with E-state index in [0.29, 0.717) is 26.3 Å². The van der Waals surface area contributed by atoms with Crippen molar-refractivity contribution in [2.75, 3.05) is 26.3 Å². The topological polar surface area (TPSA) is 45.3 Å². The number of carbonyl (C=O) groups excluding carboxylic acids is 1. The number of aromatic nitrogens is 1. The van der Waals surface area contributed by atoms with Crippen molar-refractivity contribution in [2.45, 2.75) is 6.92 Å². The molecule has 0 unspecified atom stereocenters. The average molecular weight is 320 g/mol. The van der Waals surface area contributed by atoms with Crippen molar-refractivity contribution in [1.82, 2.24) is 9.88 Å². The van der Waals surface area contributed by atoms with Crippen LogP contribution in [0.5, 0.6) is 0 Å². The van der Waals surface area contributed by atoms with Gasteiger partial charge in [-0.1, -0.05) is 42.5 Å². The first-order chi connectivity index (χ1) is 11.8. The lowest BCUT2D eigenvalue weighted by molar-refractivity contribution is 0.0303. The van der Waals surface area contributed by atoms with Crippen LogP contribution >= 0.6 is 0 Å². The molecule has 122 valence electrons. The number of H-pyrrole nitrogens is 1. The predicted octanol–water partition coefficient (Wildman–Crippen LogP) is 3.62. The maximum absolute atomic E-state index is 13.0. The fourth-order valence-corrected chi connectivity index (χ4v) is 3.42. The molecule has 1 amide bonds. The number of carbonyl (C=O) groups is 1. The number of hydrogen-bond acceptors (Lipinski definition) is 2. The molecule has 1 fully saturated rings. The Labute approximate surface area is 141 Å². The van der Waals surface area contributed by atoms with Crippen LogP contribution in [0.3, 0.4) is 0 Å². The van der Waals surface area contributed by atoms with Gasteiger partial charge < -0.3 is 14.6 Å². The Morgan fingerprint density at radius 3 is 2.67 bits per heavy atom. The summed E-state index contributed by atoms with van der Waals surface area (Å²) in [4.78, 5) is 18.1. The van der Waals surface area contributed by atoms with Gasteiger partial charge in [-0.2, -0.15) is 0 Å². The molecule has 0 aliphatic carbocycles. The summed E-state index contributed by atoms with van der Waals surface area (Å²) in [5, 5.41) is 2.35. The molecule has 0 atom stereocenters. The van der Waals surface area contributed by atoms with Crippen LogP contribution in [-0.2, 0) is 4.74 Å². The van der Waals surface area contributed by atoms with Crippen molar-refractivity contribution < 1.29 is 9.53 Å². The molecule has 0 saturated carbocycles. The van der Waals surface area contributed by atoms with E-state index in [-0.39, 0.29) is 5.91 Å². The lowest BCUT2D eigenvalue weighted by Gasteiger charge is -2.27. The second-order valence-electron chi connectivity index (χ2n) is 6.13. The summed E-state index contributed by atoms with van der Waals surface area (Å²) in [7, 11) is 0. The lowest BCUT2D eigenvalue weighted by atomic mass is 9.95. The minimum atomic E-state index is 0.0746. The molecule has 24 heavy (non-hydrogen) atoms. The van der Waals surface area contributed by atoms with E-state index in [9.17, 15) is 4.79 Å². The zero-order valence-electron chi connectivity index (χ0n) is 13.7. The second kappa shape index (κ2) is 6.13. The average Bonchev–Trinajstić information content (AvgIpc) is 3.02. The van der Waals surface area contributed by atoms with Gasteiger partial charge in [-0.3, -0.25) is 4.79 Å². The van der Waals surface area contributed by atoms with Crippen LogP contribution in [0, 0.1) is 6.92 Å². The van der Waals surface area contributed by atoms with E-state index in [1.165, 1.54) is 10.8 Å². The molecule has 4 nitrogen and oxygen atoms in total. The highest BCUT2D eigenvalue weighted by Gasteiger charge is 2.24. The molecule has 1 saturated heterocycles. The SMILES string of the molecule is Cc1[nH]cc(C(=O)N2CCOCC2)c1-c1cccc2ccccc12. The number of morpholine rings is 1. The van der Waals surface area contributed by atoms with Gasteiger partial charge in [0.1, 0.15) is 0 Å². The number of hydrogen-bond donors (Lipinski definition) is 1. The molecule has 0 radical (unpaired) electrons. The summed E-state index contributed by atoms with van der Waals surface area (Å²) in [6.45, 7) is 4.54. The lowest BCUT2D eigenvalue weighted by Crippen LogP contribution is -2.40. The van der Waals surface area contributed by atoms with Crippen molar-refractivity contribution in [3.8, 4) is 11.1 Å². The summed E-state index contributed by atoms with van der Waals surface area (Å²) in [6, 6.07) is 14.5. The number of fused-ring (bicyclic) bond motifs is 1. The molecule has 1 aromatic heterocycles. The van der Waals surface area contributed by atoms with Crippen LogP contribution in [0.25, 0.3) is 21.9 Å². The molecule has 2 heterocycles. The Hall–Kier alpha value is -2.59. The Kier molecular flexibility index (Phi) is 3.82. The number of nitrogens with zero attached hydrogens (tertiary/aromatic N) is 1. The third-order valence-electron chi connectivity index (χ3n) is 4.67. The highest BCUT2D eigenvalue weighted by Crippen LogP contribution is 2.34. The van der Waals surface area contributed by atoms with Crippen molar-refractivity contribution in [2.24, 2.45) is 0 Å². The van der Waals surface area contributed by atoms with Crippen molar-refractivity contribution >= 4 is 16.7 Å². The van der Waals surface area contributed by atoms with E-state index in [1.54, 1.807) is 0 Å². The zero-order valence-corrected chi connectivity index (χ0v) is 13.7. The van der Waals surface area contributed by atoms with Crippen LogP contribution < -0.4 is 0 Å². The van der Waals surface area contributed by atoms with E-state index < -0.39 is 0 Å². The Bertz CT molecular complexity index is 886. The standard InChI is InChI=1S/C20H20N2O2/c1-14-19(17-8-4-6-15-5-2-3-7-16(15)17)18(13-21-14)20(23)22-9-11-24-12-10-22/h2-8,13,21H,9-12H2,1H3. The molecule has 4 rings (SSSR count). The van der Waals surface area contributed by atoms with Crippen LogP contribution in [0.15, 0.2) is 48.7 Å². The summed E-state index contributed by atoms with van der Waals surface area (Å²) < 4.78 is 5.36. The summed E-state index contributed by atoms with van der Waals surface area (Å²) in [6.07, 6.45) is 1.84. The van der Waals surface area contributed by atoms with Crippen LogP contribution in [-0.4, -0.2) is 42.1 Å². The van der Waals surface area contributed by atoms with Gasteiger partial charge in [0.25, 0.3) is 5.91 Å². The van der Waals surface area contributed by atoms with E-state index in [2.05, 4.69) is 29.2 Å². The molecular formula is C20H20N2O2. The van der Waals surface area contributed by atoms with Crippen molar-refractivity contribution in [1.29, 1.82) is 0 Å². The quantitative estimate of drug-likeness (QED) is 0.784. The minimum absolute atomic E-state index is 0.0746. The van der Waals surface area contributed by atoms with E-state index in [0.717, 1.165) is 22.4 Å². The normalized spacial score (nSPS) is 15.0. The summed E-state index contributed by atoms with van der Waals surface area (Å²) in [5.41, 5.74) is 3.86. The smallest absolute Gasteiger partial charge is 0.256 e. The number of benzene rings is 2.